The van der Waals surface area contributed by atoms with Crippen molar-refractivity contribution in [2.24, 2.45) is 7.05 Å². The van der Waals surface area contributed by atoms with Crippen molar-refractivity contribution in [3.63, 3.8) is 0 Å². The van der Waals surface area contributed by atoms with Gasteiger partial charge in [0.15, 0.2) is 0 Å². The molecule has 0 aliphatic carbocycles. The van der Waals surface area contributed by atoms with Crippen molar-refractivity contribution in [2.75, 3.05) is 13.1 Å². The van der Waals surface area contributed by atoms with Crippen molar-refractivity contribution in [1.82, 2.24) is 44.4 Å². The van der Waals surface area contributed by atoms with Crippen LogP contribution in [0.1, 0.15) is 37.3 Å². The fourth-order valence-corrected chi connectivity index (χ4v) is 5.92. The highest BCUT2D eigenvalue weighted by atomic mass is 15.3. The summed E-state index contributed by atoms with van der Waals surface area (Å²) in [4.78, 5) is 18.3. The van der Waals surface area contributed by atoms with Crippen molar-refractivity contribution in [3.8, 4) is 22.5 Å². The Hall–Kier alpha value is -3.72. The first-order valence-corrected chi connectivity index (χ1v) is 11.9. The molecule has 2 N–H and O–H groups in total. The van der Waals surface area contributed by atoms with Gasteiger partial charge in [-0.25, -0.2) is 9.97 Å². The molecule has 9 heteroatoms. The van der Waals surface area contributed by atoms with Gasteiger partial charge in [0.1, 0.15) is 11.5 Å². The molecular weight excluding hydrogens is 426 g/mol. The van der Waals surface area contributed by atoms with Gasteiger partial charge in [-0.15, -0.1) is 0 Å². The maximum Gasteiger partial charge on any atom is 0.137 e. The van der Waals surface area contributed by atoms with E-state index in [1.807, 2.05) is 48.8 Å². The largest absolute Gasteiger partial charge is 0.347 e. The maximum absolute atomic E-state index is 5.01. The summed E-state index contributed by atoms with van der Waals surface area (Å²) < 4.78 is 4.11. The summed E-state index contributed by atoms with van der Waals surface area (Å²) in [6, 6.07) is 6.82. The molecule has 0 bridgehead atoms. The van der Waals surface area contributed by atoms with Gasteiger partial charge in [-0.2, -0.15) is 10.2 Å². The first-order valence-electron chi connectivity index (χ1n) is 11.9. The smallest absolute Gasteiger partial charge is 0.137 e. The van der Waals surface area contributed by atoms with E-state index >= 15 is 0 Å². The Morgan fingerprint density at radius 2 is 2.00 bits per heavy atom. The van der Waals surface area contributed by atoms with Gasteiger partial charge in [0.05, 0.1) is 17.4 Å². The summed E-state index contributed by atoms with van der Waals surface area (Å²) in [6.07, 6.45) is 11.8. The molecule has 0 amide bonds. The van der Waals surface area contributed by atoms with Crippen LogP contribution in [0.25, 0.3) is 33.5 Å². The highest BCUT2D eigenvalue weighted by Gasteiger charge is 2.46. The van der Waals surface area contributed by atoms with Gasteiger partial charge in [0.2, 0.25) is 0 Å². The van der Waals surface area contributed by atoms with Gasteiger partial charge in [-0.1, -0.05) is 0 Å². The van der Waals surface area contributed by atoms with Gasteiger partial charge >= 0.3 is 0 Å². The number of hydrogen-bond acceptors (Lipinski definition) is 5. The van der Waals surface area contributed by atoms with Gasteiger partial charge in [-0.05, 0) is 44.5 Å². The number of aryl methyl sites for hydroxylation is 2. The van der Waals surface area contributed by atoms with Gasteiger partial charge < -0.3 is 9.97 Å². The zero-order valence-electron chi connectivity index (χ0n) is 19.4. The van der Waals surface area contributed by atoms with E-state index in [1.165, 1.54) is 5.69 Å². The number of rotatable bonds is 4. The lowest BCUT2D eigenvalue weighted by Gasteiger charge is -2.26. The summed E-state index contributed by atoms with van der Waals surface area (Å²) in [5.41, 5.74) is 6.61. The fourth-order valence-electron chi connectivity index (χ4n) is 5.92. The van der Waals surface area contributed by atoms with Gasteiger partial charge in [0, 0.05) is 78.7 Å². The average Bonchev–Trinajstić information content (AvgIpc) is 3.66. The molecule has 34 heavy (non-hydrogen) atoms. The number of hydrogen-bond donors (Lipinski definition) is 2. The quantitative estimate of drug-likeness (QED) is 0.433. The lowest BCUT2D eigenvalue weighted by molar-refractivity contribution is 0.236. The normalized spacial score (nSPS) is 21.1. The molecule has 1 fully saturated rings. The molecule has 7 heterocycles. The van der Waals surface area contributed by atoms with Crippen LogP contribution in [-0.2, 0) is 19.0 Å². The summed E-state index contributed by atoms with van der Waals surface area (Å²) >= 11 is 0. The van der Waals surface area contributed by atoms with Crippen LogP contribution >= 0.6 is 0 Å². The number of nitrogens with zero attached hydrogens (tertiary/aromatic N) is 7. The van der Waals surface area contributed by atoms with E-state index in [4.69, 9.17) is 10.1 Å². The molecule has 2 aliphatic rings. The van der Waals surface area contributed by atoms with E-state index < -0.39 is 0 Å². The molecule has 172 valence electrons. The topological polar surface area (TPSA) is 96.2 Å². The third-order valence-electron chi connectivity index (χ3n) is 7.90. The minimum absolute atomic E-state index is 0.164. The van der Waals surface area contributed by atoms with Crippen molar-refractivity contribution in [2.45, 2.75) is 37.8 Å². The minimum atomic E-state index is 0.164. The molecule has 2 aliphatic heterocycles. The van der Waals surface area contributed by atoms with Crippen molar-refractivity contribution in [3.05, 3.63) is 60.7 Å². The molecule has 5 aromatic heterocycles. The molecule has 7 rings (SSSR count). The number of pyridine rings is 1. The Bertz CT molecular complexity index is 1490. The van der Waals surface area contributed by atoms with E-state index in [1.54, 1.807) is 0 Å². The first-order chi connectivity index (χ1) is 16.6. The molecule has 2 atom stereocenters. The lowest BCUT2D eigenvalue weighted by atomic mass is 9.82. The van der Waals surface area contributed by atoms with Crippen molar-refractivity contribution < 1.29 is 0 Å². The summed E-state index contributed by atoms with van der Waals surface area (Å²) in [7, 11) is 1.96. The summed E-state index contributed by atoms with van der Waals surface area (Å²) in [5.74, 6) is 1.04. The molecule has 0 saturated carbocycles. The van der Waals surface area contributed by atoms with E-state index in [9.17, 15) is 0 Å². The Morgan fingerprint density at radius 3 is 2.82 bits per heavy atom. The fraction of sp³-hybridized carbons (Fsp3) is 0.360. The van der Waals surface area contributed by atoms with Crippen LogP contribution in [0.15, 0.2) is 49.2 Å². The first kappa shape index (κ1) is 19.7. The molecule has 0 aromatic carbocycles. The van der Waals surface area contributed by atoms with E-state index in [0.717, 1.165) is 71.8 Å². The molecule has 1 saturated heterocycles. The number of aromatic amines is 2. The number of likely N-dealkylation sites (tertiary alicyclic amines) is 1. The van der Waals surface area contributed by atoms with Gasteiger partial charge in [0.25, 0.3) is 0 Å². The van der Waals surface area contributed by atoms with Crippen LogP contribution in [0, 0.1) is 0 Å². The predicted molar refractivity (Wildman–Crippen MR) is 129 cm³/mol. The molecule has 1 spiro atoms. The molecule has 0 radical (unpaired) electrons. The minimum Gasteiger partial charge on any atom is -0.347 e. The molecule has 5 aromatic rings. The second-order valence-corrected chi connectivity index (χ2v) is 9.70. The highest BCUT2D eigenvalue weighted by molar-refractivity contribution is 5.94. The van der Waals surface area contributed by atoms with Crippen LogP contribution in [0.5, 0.6) is 0 Å². The van der Waals surface area contributed by atoms with Crippen LogP contribution < -0.4 is 0 Å². The van der Waals surface area contributed by atoms with E-state index in [0.29, 0.717) is 0 Å². The number of imidazole rings is 1. The van der Waals surface area contributed by atoms with Crippen LogP contribution in [0.3, 0.4) is 0 Å². The zero-order valence-corrected chi connectivity index (χ0v) is 19.4. The van der Waals surface area contributed by atoms with E-state index in [-0.39, 0.29) is 11.5 Å². The summed E-state index contributed by atoms with van der Waals surface area (Å²) in [5, 5.41) is 10.4. The van der Waals surface area contributed by atoms with Gasteiger partial charge in [-0.3, -0.25) is 14.3 Å². The second-order valence-electron chi connectivity index (χ2n) is 9.70. The van der Waals surface area contributed by atoms with Crippen molar-refractivity contribution in [1.29, 1.82) is 0 Å². The number of fused-ring (bicyclic) bond motifs is 3. The summed E-state index contributed by atoms with van der Waals surface area (Å²) in [6.45, 7) is 5.33. The Kier molecular flexibility index (Phi) is 4.14. The Morgan fingerprint density at radius 1 is 1.09 bits per heavy atom. The third kappa shape index (κ3) is 2.83. The molecule has 9 nitrogen and oxygen atoms in total. The third-order valence-corrected chi connectivity index (χ3v) is 7.90. The predicted octanol–water partition coefficient (Wildman–Crippen LogP) is 3.66. The number of nitrogens with one attached hydrogen (secondary N) is 2. The molecule has 2 unspecified atom stereocenters. The highest BCUT2D eigenvalue weighted by Crippen LogP contribution is 2.45. The second kappa shape index (κ2) is 7.14. The molecular formula is C25H27N9. The SMILES string of the molecule is CC(c1ncc[nH]1)N1CCC2(CCn3nc(-c4cnc5[nH]cc(-c6ccnn6C)c5c4)cc32)C1. The van der Waals surface area contributed by atoms with Crippen LogP contribution in [0.2, 0.25) is 0 Å². The standard InChI is InChI=1S/C25H27N9/c1-16(23-26-7-8-27-23)33-9-4-25(15-33)5-10-34-22(25)12-20(31-34)17-11-18-19(14-29-24(18)28-13-17)21-3-6-30-32(21)2/h3,6-8,11-14,16H,4-5,9-10,15H2,1-2H3,(H,26,27)(H,28,29). The lowest BCUT2D eigenvalue weighted by Crippen LogP contribution is -2.31. The van der Waals surface area contributed by atoms with Crippen LogP contribution in [-0.4, -0.2) is 57.5 Å². The number of H-pyrrole nitrogens is 2. The average molecular weight is 454 g/mol. The zero-order chi connectivity index (χ0) is 22.9. The van der Waals surface area contributed by atoms with Crippen molar-refractivity contribution >= 4 is 11.0 Å². The van der Waals surface area contributed by atoms with E-state index in [2.05, 4.69) is 48.7 Å². The van der Waals surface area contributed by atoms with Crippen LogP contribution in [0.4, 0.5) is 0 Å². The Balaban J connectivity index is 1.22. The maximum atomic E-state index is 5.01. The number of aromatic nitrogens is 8. The Labute approximate surface area is 196 Å². The monoisotopic (exact) mass is 453 g/mol.